The predicted octanol–water partition coefficient (Wildman–Crippen LogP) is 1.97. The number of ether oxygens (including phenoxy) is 1. The molecule has 2 bridgehead atoms. The first-order chi connectivity index (χ1) is 10.1. The molecule has 2 rings (SSSR count). The Morgan fingerprint density at radius 1 is 1.24 bits per heavy atom. The van der Waals surface area contributed by atoms with Crippen molar-refractivity contribution in [2.75, 3.05) is 6.54 Å². The second-order valence-corrected chi connectivity index (χ2v) is 6.00. The number of amides is 1. The summed E-state index contributed by atoms with van der Waals surface area (Å²) < 4.78 is 5.53. The summed E-state index contributed by atoms with van der Waals surface area (Å²) in [4.78, 5) is 23.7. The number of unbranched alkanes of at least 4 members (excludes halogenated alkanes) is 1. The maximum atomic E-state index is 12.4. The van der Waals surface area contributed by atoms with Crippen LogP contribution in [-0.2, 0) is 14.3 Å². The van der Waals surface area contributed by atoms with E-state index in [1.807, 2.05) is 6.08 Å². The molecule has 0 aromatic heterocycles. The average molecular weight is 295 g/mol. The van der Waals surface area contributed by atoms with Crippen LogP contribution < -0.4 is 5.32 Å². The molecule has 5 unspecified atom stereocenters. The molecule has 2 aliphatic heterocycles. The second kappa shape index (κ2) is 7.07. The van der Waals surface area contributed by atoms with E-state index in [0.717, 1.165) is 25.7 Å². The average Bonchev–Trinajstić information content (AvgIpc) is 3.07. The zero-order valence-corrected chi connectivity index (χ0v) is 12.7. The Hall–Kier alpha value is -1.36. The van der Waals surface area contributed by atoms with Crippen molar-refractivity contribution in [3.63, 3.8) is 0 Å². The summed E-state index contributed by atoms with van der Waals surface area (Å²) in [6, 6.07) is 0. The van der Waals surface area contributed by atoms with Gasteiger partial charge in [-0.1, -0.05) is 45.3 Å². The number of fused-ring (bicyclic) bond motifs is 2. The molecule has 5 atom stereocenters. The van der Waals surface area contributed by atoms with Crippen molar-refractivity contribution in [2.24, 2.45) is 17.8 Å². The van der Waals surface area contributed by atoms with Gasteiger partial charge in [0.1, 0.15) is 5.92 Å². The fraction of sp³-hybridized carbons (Fsp3) is 0.750. The molecule has 1 saturated heterocycles. The van der Waals surface area contributed by atoms with Gasteiger partial charge in [-0.25, -0.2) is 0 Å². The molecule has 1 amide bonds. The molecule has 5 nitrogen and oxygen atoms in total. The molecule has 2 N–H and O–H groups in total. The number of hydrogen-bond acceptors (Lipinski definition) is 3. The summed E-state index contributed by atoms with van der Waals surface area (Å²) in [6.07, 6.45) is 7.16. The third-order valence-corrected chi connectivity index (χ3v) is 4.60. The first kappa shape index (κ1) is 16.0. The Bertz CT molecular complexity index is 421. The van der Waals surface area contributed by atoms with Crippen LogP contribution in [0.4, 0.5) is 0 Å². The van der Waals surface area contributed by atoms with E-state index in [1.54, 1.807) is 6.08 Å². The van der Waals surface area contributed by atoms with Gasteiger partial charge in [-0.05, 0) is 12.3 Å². The summed E-state index contributed by atoms with van der Waals surface area (Å²) >= 11 is 0. The molecular formula is C16H25NO4. The van der Waals surface area contributed by atoms with Crippen molar-refractivity contribution < 1.29 is 19.4 Å². The van der Waals surface area contributed by atoms with Gasteiger partial charge in [-0.15, -0.1) is 0 Å². The van der Waals surface area contributed by atoms with Crippen LogP contribution in [0.2, 0.25) is 0 Å². The lowest BCUT2D eigenvalue weighted by Crippen LogP contribution is -2.43. The van der Waals surface area contributed by atoms with E-state index in [9.17, 15) is 14.7 Å². The summed E-state index contributed by atoms with van der Waals surface area (Å²) in [5.41, 5.74) is 0. The Morgan fingerprint density at radius 2 is 1.90 bits per heavy atom. The molecular weight excluding hydrogens is 270 g/mol. The third kappa shape index (κ3) is 3.46. The highest BCUT2D eigenvalue weighted by molar-refractivity contribution is 5.87. The summed E-state index contributed by atoms with van der Waals surface area (Å²) in [7, 11) is 0. The quantitative estimate of drug-likeness (QED) is 0.671. The largest absolute Gasteiger partial charge is 0.481 e. The van der Waals surface area contributed by atoms with E-state index in [4.69, 9.17) is 4.74 Å². The molecule has 118 valence electrons. The Kier molecular flexibility index (Phi) is 5.39. The van der Waals surface area contributed by atoms with Crippen LogP contribution in [0.25, 0.3) is 0 Å². The molecule has 0 saturated carbocycles. The van der Waals surface area contributed by atoms with Crippen molar-refractivity contribution >= 4 is 11.9 Å². The van der Waals surface area contributed by atoms with Crippen LogP contribution in [0.3, 0.4) is 0 Å². The monoisotopic (exact) mass is 295 g/mol. The predicted molar refractivity (Wildman–Crippen MR) is 78.7 cm³/mol. The van der Waals surface area contributed by atoms with E-state index >= 15 is 0 Å². The Morgan fingerprint density at radius 3 is 2.48 bits per heavy atom. The maximum absolute atomic E-state index is 12.4. The summed E-state index contributed by atoms with van der Waals surface area (Å²) in [5, 5.41) is 12.2. The topological polar surface area (TPSA) is 75.6 Å². The minimum atomic E-state index is -0.954. The number of carbonyl (C=O) groups excluding carboxylic acids is 1. The third-order valence-electron chi connectivity index (χ3n) is 4.60. The number of carboxylic acids is 1. The van der Waals surface area contributed by atoms with Crippen molar-refractivity contribution in [3.8, 4) is 0 Å². The molecule has 0 aromatic carbocycles. The first-order valence-corrected chi connectivity index (χ1v) is 7.92. The normalized spacial score (nSPS) is 31.3. The zero-order valence-electron chi connectivity index (χ0n) is 12.7. The lowest BCUT2D eigenvalue weighted by Gasteiger charge is -2.22. The zero-order chi connectivity index (χ0) is 15.4. The van der Waals surface area contributed by atoms with Crippen molar-refractivity contribution in [2.45, 2.75) is 51.7 Å². The summed E-state index contributed by atoms with van der Waals surface area (Å²) in [5.74, 6) is -2.02. The highest BCUT2D eigenvalue weighted by atomic mass is 16.5. The number of rotatable bonds is 8. The van der Waals surface area contributed by atoms with E-state index in [0.29, 0.717) is 12.5 Å². The van der Waals surface area contributed by atoms with Crippen molar-refractivity contribution in [1.29, 1.82) is 0 Å². The van der Waals surface area contributed by atoms with Gasteiger partial charge in [0, 0.05) is 6.54 Å². The van der Waals surface area contributed by atoms with E-state index in [-0.39, 0.29) is 12.0 Å². The second-order valence-electron chi connectivity index (χ2n) is 6.00. The van der Waals surface area contributed by atoms with Gasteiger partial charge in [0.2, 0.25) is 5.91 Å². The lowest BCUT2D eigenvalue weighted by atomic mass is 9.82. The first-order valence-electron chi connectivity index (χ1n) is 7.92. The van der Waals surface area contributed by atoms with E-state index in [2.05, 4.69) is 19.2 Å². The number of carbonyl (C=O) groups is 2. The van der Waals surface area contributed by atoms with Gasteiger partial charge in [0.25, 0.3) is 0 Å². The minimum absolute atomic E-state index is 0.186. The molecule has 1 fully saturated rings. The van der Waals surface area contributed by atoms with Gasteiger partial charge in [0.15, 0.2) is 0 Å². The maximum Gasteiger partial charge on any atom is 0.310 e. The molecule has 2 aliphatic rings. The highest BCUT2D eigenvalue weighted by Crippen LogP contribution is 2.39. The summed E-state index contributed by atoms with van der Waals surface area (Å²) in [6.45, 7) is 4.90. The molecule has 0 radical (unpaired) electrons. The van der Waals surface area contributed by atoms with Crippen LogP contribution in [0, 0.1) is 17.8 Å². The van der Waals surface area contributed by atoms with Crippen LogP contribution in [0.5, 0.6) is 0 Å². The molecule has 0 aromatic rings. The van der Waals surface area contributed by atoms with Crippen LogP contribution >= 0.6 is 0 Å². The van der Waals surface area contributed by atoms with Crippen molar-refractivity contribution in [3.05, 3.63) is 12.2 Å². The molecule has 2 heterocycles. The van der Waals surface area contributed by atoms with Gasteiger partial charge in [0.05, 0.1) is 18.1 Å². The van der Waals surface area contributed by atoms with Gasteiger partial charge in [-0.2, -0.15) is 0 Å². The fourth-order valence-corrected chi connectivity index (χ4v) is 3.22. The van der Waals surface area contributed by atoms with E-state index in [1.165, 1.54) is 0 Å². The Balaban J connectivity index is 1.90. The van der Waals surface area contributed by atoms with Gasteiger partial charge < -0.3 is 15.2 Å². The number of aliphatic carboxylic acids is 1. The number of carboxylic acid groups (broad SMARTS) is 1. The fourth-order valence-electron chi connectivity index (χ4n) is 3.22. The van der Waals surface area contributed by atoms with Gasteiger partial charge in [-0.3, -0.25) is 9.59 Å². The molecule has 0 spiro atoms. The van der Waals surface area contributed by atoms with Crippen LogP contribution in [0.1, 0.15) is 39.5 Å². The number of hydrogen-bond donors (Lipinski definition) is 2. The Labute approximate surface area is 125 Å². The standard InChI is InChI=1S/C16H25NO4/c1-3-5-6-10(4-2)9-17-15(18)13-11-7-8-12(21-11)14(13)16(19)20/h7-8,10-14H,3-6,9H2,1-2H3,(H,17,18)(H,19,20). The van der Waals surface area contributed by atoms with Crippen LogP contribution in [0.15, 0.2) is 12.2 Å². The van der Waals surface area contributed by atoms with Crippen LogP contribution in [-0.4, -0.2) is 35.7 Å². The number of nitrogens with one attached hydrogen (secondary N) is 1. The van der Waals surface area contributed by atoms with Crippen molar-refractivity contribution in [1.82, 2.24) is 5.32 Å². The molecule has 0 aliphatic carbocycles. The molecule has 5 heteroatoms. The molecule has 21 heavy (non-hydrogen) atoms. The minimum Gasteiger partial charge on any atom is -0.481 e. The smallest absolute Gasteiger partial charge is 0.310 e. The van der Waals surface area contributed by atoms with E-state index < -0.39 is 23.9 Å². The lowest BCUT2D eigenvalue weighted by molar-refractivity contribution is -0.146. The SMILES string of the molecule is CCCCC(CC)CNC(=O)C1C2C=CC(O2)C1C(=O)O. The van der Waals surface area contributed by atoms with Gasteiger partial charge >= 0.3 is 5.97 Å². The highest BCUT2D eigenvalue weighted by Gasteiger charge is 2.53.